The molecule has 2 aromatic carbocycles. The van der Waals surface area contributed by atoms with Gasteiger partial charge in [0.15, 0.2) is 5.82 Å². The number of H-pyrrole nitrogens is 1. The van der Waals surface area contributed by atoms with Crippen LogP contribution in [0.4, 0.5) is 18.0 Å². The fourth-order valence-electron chi connectivity index (χ4n) is 4.78. The zero-order chi connectivity index (χ0) is 32.8. The second-order valence-electron chi connectivity index (χ2n) is 11.8. The van der Waals surface area contributed by atoms with E-state index in [1.807, 2.05) is 26.1 Å². The van der Waals surface area contributed by atoms with Gasteiger partial charge < -0.3 is 15.4 Å². The number of nitrogens with zero attached hydrogens (tertiary/aromatic N) is 3. The van der Waals surface area contributed by atoms with Crippen molar-refractivity contribution in [2.75, 3.05) is 6.61 Å². The molecule has 3 aromatic rings. The summed E-state index contributed by atoms with van der Waals surface area (Å²) in [6.45, 7) is 4.97. The van der Waals surface area contributed by atoms with E-state index in [0.29, 0.717) is 27.5 Å². The van der Waals surface area contributed by atoms with Crippen LogP contribution >= 0.6 is 23.2 Å². The van der Waals surface area contributed by atoms with Gasteiger partial charge in [-0.05, 0) is 69.0 Å². The van der Waals surface area contributed by atoms with Crippen molar-refractivity contribution in [1.82, 2.24) is 30.7 Å². The Hall–Kier alpha value is -4.28. The maximum absolute atomic E-state index is 14.5. The number of guanidine groups is 1. The summed E-state index contributed by atoms with van der Waals surface area (Å²) < 4.78 is 45.8. The third kappa shape index (κ3) is 6.43. The lowest BCUT2D eigenvalue weighted by Crippen LogP contribution is -2.48. The first-order chi connectivity index (χ1) is 21.1. The highest BCUT2D eigenvalue weighted by Gasteiger charge is 2.64. The zero-order valence-corrected chi connectivity index (χ0v) is 25.8. The minimum atomic E-state index is -4.66. The molecule has 0 radical (unpaired) electrons. The molecule has 2 fully saturated rings. The normalized spacial score (nSPS) is 19.8. The summed E-state index contributed by atoms with van der Waals surface area (Å²) in [7, 11) is 0. The number of rotatable bonds is 7. The van der Waals surface area contributed by atoms with E-state index in [0.717, 1.165) is 4.90 Å². The van der Waals surface area contributed by atoms with Gasteiger partial charge in [-0.25, -0.2) is 9.78 Å². The van der Waals surface area contributed by atoms with Gasteiger partial charge in [-0.15, -0.1) is 0 Å². The maximum atomic E-state index is 14.5. The Morgan fingerprint density at radius 2 is 1.87 bits per heavy atom. The van der Waals surface area contributed by atoms with Crippen LogP contribution in [0.3, 0.4) is 0 Å². The highest BCUT2D eigenvalue weighted by atomic mass is 35.5. The Morgan fingerprint density at radius 1 is 1.18 bits per heavy atom. The van der Waals surface area contributed by atoms with Crippen LogP contribution in [0.1, 0.15) is 50.8 Å². The number of halogens is 5. The van der Waals surface area contributed by atoms with E-state index in [-0.39, 0.29) is 23.8 Å². The van der Waals surface area contributed by atoms with Crippen molar-refractivity contribution in [2.45, 2.75) is 56.9 Å². The Bertz CT molecular complexity index is 1690. The first-order valence-corrected chi connectivity index (χ1v) is 14.5. The molecule has 1 aromatic heterocycles. The number of alkyl carbamates (subject to hydrolysis) is 1. The number of alkyl halides is 3. The lowest BCUT2D eigenvalue weighted by atomic mass is 9.87. The topological polar surface area (TPSA) is 136 Å². The molecule has 1 saturated heterocycles. The molecule has 0 unspecified atom stereocenters. The third-order valence-corrected chi connectivity index (χ3v) is 7.93. The fraction of sp³-hybridized carbons (Fsp3) is 0.367. The molecule has 236 valence electrons. The van der Waals surface area contributed by atoms with Crippen molar-refractivity contribution in [3.63, 3.8) is 0 Å². The average Bonchev–Trinajstić information content (AvgIpc) is 3.46. The van der Waals surface area contributed by atoms with Crippen molar-refractivity contribution in [2.24, 2.45) is 5.41 Å². The number of amides is 2. The number of hydrogen-bond donors (Lipinski definition) is 4. The molecule has 5 rings (SSSR count). The first kappa shape index (κ1) is 32.1. The third-order valence-electron chi connectivity index (χ3n) is 7.35. The lowest BCUT2D eigenvalue weighted by Gasteiger charge is -2.29. The van der Waals surface area contributed by atoms with Crippen LogP contribution in [0, 0.1) is 22.7 Å². The molecule has 2 heterocycles. The largest absolute Gasteiger partial charge is 0.447 e. The Labute approximate surface area is 266 Å². The molecule has 10 nitrogen and oxygen atoms in total. The highest BCUT2D eigenvalue weighted by Crippen LogP contribution is 2.49. The molecule has 2 amide bonds. The Balaban J connectivity index is 1.56. The van der Waals surface area contributed by atoms with E-state index in [1.165, 1.54) is 12.4 Å². The molecule has 0 bridgehead atoms. The molecule has 1 aliphatic heterocycles. The molecule has 4 N–H and O–H groups in total. The number of ether oxygens (including phenoxy) is 1. The summed E-state index contributed by atoms with van der Waals surface area (Å²) in [4.78, 5) is 32.3. The van der Waals surface area contributed by atoms with Crippen molar-refractivity contribution in [3.05, 3.63) is 70.0 Å². The van der Waals surface area contributed by atoms with Crippen LogP contribution in [-0.2, 0) is 15.1 Å². The molecular weight excluding hydrogens is 634 g/mol. The van der Waals surface area contributed by atoms with Crippen LogP contribution < -0.4 is 10.6 Å². The fourth-order valence-corrected chi connectivity index (χ4v) is 5.11. The van der Waals surface area contributed by atoms with Crippen molar-refractivity contribution < 1.29 is 27.5 Å². The number of carbonyl (C=O) groups is 2. The number of nitrogens with one attached hydrogen (secondary N) is 4. The van der Waals surface area contributed by atoms with Crippen LogP contribution in [0.5, 0.6) is 0 Å². The van der Waals surface area contributed by atoms with Gasteiger partial charge in [0.2, 0.25) is 11.5 Å². The zero-order valence-electron chi connectivity index (χ0n) is 24.3. The predicted molar refractivity (Wildman–Crippen MR) is 160 cm³/mol. The van der Waals surface area contributed by atoms with Gasteiger partial charge >= 0.3 is 12.3 Å². The van der Waals surface area contributed by atoms with Crippen LogP contribution in [0.2, 0.25) is 10.0 Å². The number of carbonyl (C=O) groups excluding carboxylic acids is 2. The van der Waals surface area contributed by atoms with E-state index in [9.17, 15) is 22.8 Å². The molecule has 1 saturated carbocycles. The van der Waals surface area contributed by atoms with Crippen LogP contribution in [0.15, 0.2) is 48.8 Å². The minimum Gasteiger partial charge on any atom is -0.447 e. The monoisotopic (exact) mass is 661 g/mol. The summed E-state index contributed by atoms with van der Waals surface area (Å²) in [5.41, 5.74) is -3.49. The lowest BCUT2D eigenvalue weighted by molar-refractivity contribution is -0.164. The van der Waals surface area contributed by atoms with E-state index in [1.54, 1.807) is 36.4 Å². The predicted octanol–water partition coefficient (Wildman–Crippen LogP) is 5.95. The highest BCUT2D eigenvalue weighted by molar-refractivity contribution is 6.33. The number of aromatic amines is 1. The number of hydrogen-bond acceptors (Lipinski definition) is 6. The van der Waals surface area contributed by atoms with Crippen molar-refractivity contribution in [1.29, 1.82) is 5.41 Å². The van der Waals surface area contributed by atoms with E-state index in [2.05, 4.69) is 32.3 Å². The molecule has 2 aliphatic rings. The average molecular weight is 663 g/mol. The molecule has 0 spiro atoms. The van der Waals surface area contributed by atoms with Gasteiger partial charge in [-0.3, -0.25) is 20.2 Å². The van der Waals surface area contributed by atoms with Gasteiger partial charge in [0.1, 0.15) is 18.5 Å². The van der Waals surface area contributed by atoms with Gasteiger partial charge in [-0.2, -0.15) is 18.3 Å². The van der Waals surface area contributed by atoms with Crippen LogP contribution in [-0.4, -0.2) is 56.4 Å². The standard InChI is InChI=1S/C30H28Cl2F3N7O3/c1-27(2,3)10-13-29(18-5-7-19(31)8-6-18)24(43)42(25(36)39-29)22(15-45-26(44)40-28(11-12-28)30(33,34)35)17-4-9-21(32)20(14-17)23-37-16-38-41-23/h4-9,14,16,22H,11-12,15H2,1-3H3,(H2,36,39)(H,40,44)(H,37,38,41)/t22-,29-/m1/s1. The van der Waals surface area contributed by atoms with Gasteiger partial charge in [0, 0.05) is 16.0 Å². The van der Waals surface area contributed by atoms with E-state index >= 15 is 0 Å². The summed E-state index contributed by atoms with van der Waals surface area (Å²) in [6, 6.07) is 9.82. The summed E-state index contributed by atoms with van der Waals surface area (Å²) in [6.07, 6.45) is -5.25. The first-order valence-electron chi connectivity index (χ1n) is 13.7. The summed E-state index contributed by atoms with van der Waals surface area (Å²) in [5, 5.41) is 21.0. The van der Waals surface area contributed by atoms with E-state index in [4.69, 9.17) is 33.3 Å². The summed E-state index contributed by atoms with van der Waals surface area (Å²) >= 11 is 12.5. The number of aromatic nitrogens is 3. The smallest absolute Gasteiger partial charge is 0.411 e. The van der Waals surface area contributed by atoms with E-state index < -0.39 is 47.3 Å². The second kappa shape index (κ2) is 11.6. The molecule has 1 aliphatic carbocycles. The number of benzene rings is 2. The van der Waals surface area contributed by atoms with Gasteiger partial charge in [0.25, 0.3) is 5.91 Å². The maximum Gasteiger partial charge on any atom is 0.411 e. The van der Waals surface area contributed by atoms with Crippen LogP contribution in [0.25, 0.3) is 11.4 Å². The molecular formula is C30H28Cl2F3N7O3. The minimum absolute atomic E-state index is 0.276. The molecule has 2 atom stereocenters. The Morgan fingerprint density at radius 3 is 2.44 bits per heavy atom. The second-order valence-corrected chi connectivity index (χ2v) is 12.6. The van der Waals surface area contributed by atoms with Gasteiger partial charge in [-0.1, -0.05) is 53.2 Å². The SMILES string of the molecule is CC(C)(C)C#C[C@]1(c2ccc(Cl)cc2)NC(=N)N([C@H](COC(=O)NC2(C(F)(F)F)CC2)c2ccc(Cl)c(-c3ncn[nH]3)c2)C1=O. The van der Waals surface area contributed by atoms with Crippen molar-refractivity contribution in [3.8, 4) is 23.2 Å². The van der Waals surface area contributed by atoms with Crippen molar-refractivity contribution >= 4 is 41.2 Å². The molecule has 45 heavy (non-hydrogen) atoms. The Kier molecular flexibility index (Phi) is 8.26. The van der Waals surface area contributed by atoms with Gasteiger partial charge in [0.05, 0.1) is 11.1 Å². The quantitative estimate of drug-likeness (QED) is 0.231. The summed E-state index contributed by atoms with van der Waals surface area (Å²) in [5.74, 6) is 5.34. The molecule has 15 heteroatoms.